The molecule has 17 heavy (non-hydrogen) atoms. The molecular formula is C9H14ClNO5S. The summed E-state index contributed by atoms with van der Waals surface area (Å²) in [7, 11) is -3.32. The molecular weight excluding hydrogens is 270 g/mol. The molecule has 6 nitrogen and oxygen atoms in total. The van der Waals surface area contributed by atoms with Crippen LogP contribution in [0.25, 0.3) is 0 Å². The summed E-state index contributed by atoms with van der Waals surface area (Å²) in [6, 6.07) is 0. The number of rotatable bonds is 6. The molecule has 1 heterocycles. The van der Waals surface area contributed by atoms with E-state index in [1.807, 2.05) is 0 Å². The molecule has 1 aliphatic heterocycles. The van der Waals surface area contributed by atoms with Gasteiger partial charge in [0.15, 0.2) is 4.36 Å². The summed E-state index contributed by atoms with van der Waals surface area (Å²) in [5, 5.41) is 8.42. The van der Waals surface area contributed by atoms with Crippen LogP contribution in [-0.4, -0.2) is 36.9 Å². The maximum atomic E-state index is 11.3. The fraction of sp³-hybridized carbons (Fsp3) is 0.556. The van der Waals surface area contributed by atoms with Gasteiger partial charge in [0, 0.05) is 19.0 Å². The Labute approximate surface area is 105 Å². The van der Waals surface area contributed by atoms with Crippen LogP contribution in [0.1, 0.15) is 25.7 Å². The Kier molecular flexibility index (Phi) is 4.81. The summed E-state index contributed by atoms with van der Waals surface area (Å²) >= 11 is 5.53. The summed E-state index contributed by atoms with van der Waals surface area (Å²) in [5.74, 6) is -1.38. The zero-order chi connectivity index (χ0) is 13.1. The molecule has 0 saturated carbocycles. The summed E-state index contributed by atoms with van der Waals surface area (Å²) in [6.45, 7) is 0.160. The lowest BCUT2D eigenvalue weighted by molar-refractivity contribution is -0.137. The molecule has 1 amide bonds. The number of carbonyl (C=O) groups excluding carboxylic acids is 1. The van der Waals surface area contributed by atoms with Crippen molar-refractivity contribution in [2.24, 2.45) is 0 Å². The van der Waals surface area contributed by atoms with Crippen LogP contribution in [0.3, 0.4) is 0 Å². The molecule has 1 aliphatic rings. The minimum absolute atomic E-state index is 0.0726. The third kappa shape index (κ3) is 3.60. The van der Waals surface area contributed by atoms with Gasteiger partial charge in [-0.1, -0.05) is 28.8 Å². The quantitative estimate of drug-likeness (QED) is 0.649. The Morgan fingerprint density at radius 3 is 2.47 bits per heavy atom. The van der Waals surface area contributed by atoms with E-state index < -0.39 is 22.7 Å². The van der Waals surface area contributed by atoms with E-state index in [4.69, 9.17) is 16.7 Å². The minimum atomic E-state index is -3.32. The molecule has 8 heteroatoms. The molecule has 98 valence electrons. The van der Waals surface area contributed by atoms with Crippen LogP contribution < -0.4 is 0 Å². The highest BCUT2D eigenvalue weighted by Gasteiger charge is 2.36. The number of nitrogens with zero attached hydrogens (tertiary/aromatic N) is 1. The van der Waals surface area contributed by atoms with E-state index in [9.17, 15) is 18.7 Å². The molecule has 0 aromatic rings. The van der Waals surface area contributed by atoms with Crippen molar-refractivity contribution in [1.82, 2.24) is 4.31 Å². The molecule has 0 fully saturated rings. The second-order valence-electron chi connectivity index (χ2n) is 3.61. The highest BCUT2D eigenvalue weighted by molar-refractivity contribution is 8.27. The van der Waals surface area contributed by atoms with E-state index in [0.717, 1.165) is 10.4 Å². The largest absolute Gasteiger partial charge is 0.481 e. The molecule has 0 aromatic heterocycles. The topological polar surface area (TPSA) is 98.1 Å². The van der Waals surface area contributed by atoms with Gasteiger partial charge in [0.2, 0.25) is 0 Å². The van der Waals surface area contributed by atoms with E-state index >= 15 is 0 Å². The van der Waals surface area contributed by atoms with Crippen molar-refractivity contribution in [3.63, 3.8) is 0 Å². The zero-order valence-corrected chi connectivity index (χ0v) is 10.6. The summed E-state index contributed by atoms with van der Waals surface area (Å²) in [4.78, 5) is 21.6. The van der Waals surface area contributed by atoms with E-state index in [-0.39, 0.29) is 17.3 Å². The monoisotopic (exact) mass is 283 g/mol. The summed E-state index contributed by atoms with van der Waals surface area (Å²) < 4.78 is 19.9. The van der Waals surface area contributed by atoms with Crippen LogP contribution in [0.4, 0.5) is 0 Å². The Balaban J connectivity index is 2.33. The van der Waals surface area contributed by atoms with Crippen molar-refractivity contribution in [2.45, 2.75) is 25.7 Å². The molecule has 0 bridgehead atoms. The van der Waals surface area contributed by atoms with Crippen LogP contribution in [0.2, 0.25) is 0 Å². The van der Waals surface area contributed by atoms with Crippen molar-refractivity contribution >= 4 is 34.3 Å². The van der Waals surface area contributed by atoms with E-state index in [0.29, 0.717) is 19.3 Å². The van der Waals surface area contributed by atoms with Crippen LogP contribution in [0, 0.1) is 0 Å². The first-order valence-corrected chi connectivity index (χ1v) is 6.93. The summed E-state index contributed by atoms with van der Waals surface area (Å²) in [6.07, 6.45) is 2.67. The van der Waals surface area contributed by atoms with Crippen molar-refractivity contribution in [3.8, 4) is 0 Å². The SMILES string of the molecule is O=C(O)CCCCCN1C(=O)C=C(Cl)S1(O)O. The van der Waals surface area contributed by atoms with Crippen LogP contribution in [0.15, 0.2) is 10.4 Å². The average Bonchev–Trinajstić information content (AvgIpc) is 2.39. The van der Waals surface area contributed by atoms with Gasteiger partial charge in [-0.2, -0.15) is 0 Å². The van der Waals surface area contributed by atoms with Crippen molar-refractivity contribution in [2.75, 3.05) is 6.54 Å². The fourth-order valence-electron chi connectivity index (χ4n) is 1.42. The highest BCUT2D eigenvalue weighted by Crippen LogP contribution is 2.56. The maximum Gasteiger partial charge on any atom is 0.303 e. The normalized spacial score (nSPS) is 20.3. The Morgan fingerprint density at radius 2 is 2.00 bits per heavy atom. The second kappa shape index (κ2) is 5.72. The molecule has 1 rings (SSSR count). The van der Waals surface area contributed by atoms with Crippen LogP contribution in [-0.2, 0) is 9.59 Å². The first-order chi connectivity index (χ1) is 7.85. The second-order valence-corrected chi connectivity index (χ2v) is 6.16. The first kappa shape index (κ1) is 14.3. The van der Waals surface area contributed by atoms with Gasteiger partial charge in [0.25, 0.3) is 5.91 Å². The van der Waals surface area contributed by atoms with Crippen LogP contribution in [0.5, 0.6) is 0 Å². The van der Waals surface area contributed by atoms with E-state index in [1.54, 1.807) is 0 Å². The van der Waals surface area contributed by atoms with Gasteiger partial charge in [0.1, 0.15) is 0 Å². The molecule has 0 spiro atoms. The van der Waals surface area contributed by atoms with Gasteiger partial charge >= 0.3 is 5.97 Å². The number of amides is 1. The lowest BCUT2D eigenvalue weighted by Crippen LogP contribution is -2.28. The molecule has 3 N–H and O–H groups in total. The number of carboxylic acid groups (broad SMARTS) is 1. The van der Waals surface area contributed by atoms with Gasteiger partial charge < -0.3 is 5.11 Å². The molecule has 0 radical (unpaired) electrons. The lowest BCUT2D eigenvalue weighted by atomic mass is 10.2. The highest BCUT2D eigenvalue weighted by atomic mass is 35.5. The number of hydrogen-bond donors (Lipinski definition) is 3. The van der Waals surface area contributed by atoms with Gasteiger partial charge in [-0.15, -0.1) is 0 Å². The zero-order valence-electron chi connectivity index (χ0n) is 9.00. The third-order valence-corrected chi connectivity index (χ3v) is 4.65. The Bertz CT molecular complexity index is 357. The molecule has 0 atom stereocenters. The third-order valence-electron chi connectivity index (χ3n) is 2.30. The van der Waals surface area contributed by atoms with Crippen molar-refractivity contribution < 1.29 is 23.8 Å². The number of unbranched alkanes of at least 4 members (excludes halogenated alkanes) is 2. The molecule has 0 aromatic carbocycles. The van der Waals surface area contributed by atoms with Gasteiger partial charge in [-0.25, -0.2) is 4.31 Å². The Hall–Kier alpha value is -0.760. The van der Waals surface area contributed by atoms with Gasteiger partial charge in [0.05, 0.1) is 0 Å². The number of carboxylic acids is 1. The maximum absolute atomic E-state index is 11.3. The molecule has 0 unspecified atom stereocenters. The standard InChI is InChI=1S/C9H14ClNO5S/c10-7-6-8(12)11(17(7,15)16)5-3-1-2-4-9(13)14/h6,15-16H,1-5H2,(H,13,14). The van der Waals surface area contributed by atoms with Gasteiger partial charge in [-0.3, -0.25) is 18.7 Å². The van der Waals surface area contributed by atoms with Gasteiger partial charge in [-0.05, 0) is 12.8 Å². The van der Waals surface area contributed by atoms with E-state index in [2.05, 4.69) is 0 Å². The Morgan fingerprint density at radius 1 is 1.35 bits per heavy atom. The minimum Gasteiger partial charge on any atom is -0.481 e. The average molecular weight is 284 g/mol. The number of hydrogen-bond acceptors (Lipinski definition) is 4. The number of aliphatic carboxylic acids is 1. The predicted molar refractivity (Wildman–Crippen MR) is 64.6 cm³/mol. The van der Waals surface area contributed by atoms with Crippen molar-refractivity contribution in [1.29, 1.82) is 0 Å². The first-order valence-electron chi connectivity index (χ1n) is 5.04. The predicted octanol–water partition coefficient (Wildman–Crippen LogP) is 2.22. The van der Waals surface area contributed by atoms with E-state index in [1.165, 1.54) is 0 Å². The van der Waals surface area contributed by atoms with Crippen molar-refractivity contribution in [3.05, 3.63) is 10.4 Å². The number of carbonyl (C=O) groups is 2. The molecule has 0 aliphatic carbocycles. The van der Waals surface area contributed by atoms with Crippen LogP contribution >= 0.6 is 22.4 Å². The smallest absolute Gasteiger partial charge is 0.303 e. The lowest BCUT2D eigenvalue weighted by Gasteiger charge is -2.36. The molecule has 0 saturated heterocycles. The summed E-state index contributed by atoms with van der Waals surface area (Å²) in [5.41, 5.74) is 0. The fourth-order valence-corrected chi connectivity index (χ4v) is 2.92. The number of halogens is 1.